The molecule has 1 fully saturated rings. The van der Waals surface area contributed by atoms with Gasteiger partial charge in [-0.25, -0.2) is 0 Å². The van der Waals surface area contributed by atoms with Gasteiger partial charge >= 0.3 is 0 Å². The van der Waals surface area contributed by atoms with Crippen molar-refractivity contribution in [3.63, 3.8) is 0 Å². The SMILES string of the molecule is CCCc1c(C(=O)N2CCN(c3ccccc3OC)CC2)[nH]c(C)c1C(C)=O. The van der Waals surface area contributed by atoms with Gasteiger partial charge in [0.15, 0.2) is 5.78 Å². The summed E-state index contributed by atoms with van der Waals surface area (Å²) >= 11 is 0. The number of ether oxygens (including phenoxy) is 1. The molecule has 0 atom stereocenters. The second-order valence-electron chi connectivity index (χ2n) is 7.24. The number of piperazine rings is 1. The lowest BCUT2D eigenvalue weighted by molar-refractivity contribution is 0.0740. The molecule has 0 aliphatic carbocycles. The summed E-state index contributed by atoms with van der Waals surface area (Å²) in [7, 11) is 1.67. The van der Waals surface area contributed by atoms with Crippen molar-refractivity contribution in [2.24, 2.45) is 0 Å². The topological polar surface area (TPSA) is 65.6 Å². The van der Waals surface area contributed by atoms with Crippen LogP contribution < -0.4 is 9.64 Å². The molecular weight excluding hydrogens is 354 g/mol. The van der Waals surface area contributed by atoms with Crippen molar-refractivity contribution in [2.45, 2.75) is 33.6 Å². The zero-order valence-electron chi connectivity index (χ0n) is 17.2. The molecule has 1 aromatic heterocycles. The van der Waals surface area contributed by atoms with Crippen LogP contribution in [0.4, 0.5) is 5.69 Å². The lowest BCUT2D eigenvalue weighted by atomic mass is 10.0. The number of methoxy groups -OCH3 is 1. The van der Waals surface area contributed by atoms with E-state index in [1.54, 1.807) is 14.0 Å². The van der Waals surface area contributed by atoms with Gasteiger partial charge < -0.3 is 19.5 Å². The van der Waals surface area contributed by atoms with Gasteiger partial charge in [-0.15, -0.1) is 0 Å². The first-order chi connectivity index (χ1) is 13.5. The molecule has 3 rings (SSSR count). The number of hydrogen-bond acceptors (Lipinski definition) is 4. The second kappa shape index (κ2) is 8.50. The van der Waals surface area contributed by atoms with Crippen LogP contribution in [0.25, 0.3) is 0 Å². The molecule has 1 amide bonds. The molecule has 0 bridgehead atoms. The number of carbonyl (C=O) groups excluding carboxylic acids is 2. The van der Waals surface area contributed by atoms with Crippen LogP contribution in [0.3, 0.4) is 0 Å². The molecule has 0 spiro atoms. The van der Waals surface area contributed by atoms with Crippen LogP contribution in [-0.4, -0.2) is 54.9 Å². The van der Waals surface area contributed by atoms with Gasteiger partial charge in [0.2, 0.25) is 0 Å². The maximum absolute atomic E-state index is 13.2. The first kappa shape index (κ1) is 20.0. The Morgan fingerprint density at radius 1 is 1.14 bits per heavy atom. The summed E-state index contributed by atoms with van der Waals surface area (Å²) in [5.41, 5.74) is 3.96. The quantitative estimate of drug-likeness (QED) is 0.776. The molecule has 28 heavy (non-hydrogen) atoms. The number of ketones is 1. The summed E-state index contributed by atoms with van der Waals surface area (Å²) in [6, 6.07) is 7.95. The Bertz CT molecular complexity index is 864. The number of nitrogens with zero attached hydrogens (tertiary/aromatic N) is 2. The average molecular weight is 383 g/mol. The number of amides is 1. The number of rotatable bonds is 6. The lowest BCUT2D eigenvalue weighted by Gasteiger charge is -2.36. The summed E-state index contributed by atoms with van der Waals surface area (Å²) in [6.45, 7) is 8.25. The summed E-state index contributed by atoms with van der Waals surface area (Å²) in [4.78, 5) is 32.6. The van der Waals surface area contributed by atoms with Gasteiger partial charge in [0.25, 0.3) is 5.91 Å². The summed E-state index contributed by atoms with van der Waals surface area (Å²) in [6.07, 6.45) is 1.61. The first-order valence-corrected chi connectivity index (χ1v) is 9.87. The van der Waals surface area contributed by atoms with E-state index in [1.165, 1.54) is 0 Å². The molecule has 6 heteroatoms. The second-order valence-corrected chi connectivity index (χ2v) is 7.24. The zero-order chi connectivity index (χ0) is 20.3. The van der Waals surface area contributed by atoms with E-state index in [1.807, 2.05) is 36.1 Å². The maximum Gasteiger partial charge on any atom is 0.270 e. The van der Waals surface area contributed by atoms with Crippen molar-refractivity contribution in [3.8, 4) is 5.75 Å². The highest BCUT2D eigenvalue weighted by atomic mass is 16.5. The molecule has 1 aromatic carbocycles. The minimum Gasteiger partial charge on any atom is -0.495 e. The number of aromatic amines is 1. The molecule has 2 heterocycles. The third kappa shape index (κ3) is 3.77. The lowest BCUT2D eigenvalue weighted by Crippen LogP contribution is -2.49. The standard InChI is InChI=1S/C22H29N3O3/c1-5-8-17-20(16(3)26)15(2)23-21(17)22(27)25-13-11-24(12-14-25)18-9-6-7-10-19(18)28-4/h6-7,9-10,23H,5,8,11-14H2,1-4H3. The average Bonchev–Trinajstić information content (AvgIpc) is 3.04. The Kier molecular flexibility index (Phi) is 6.07. The van der Waals surface area contributed by atoms with Crippen LogP contribution in [0.5, 0.6) is 5.75 Å². The number of nitrogens with one attached hydrogen (secondary N) is 1. The Hall–Kier alpha value is -2.76. The van der Waals surface area contributed by atoms with Crippen molar-refractivity contribution in [1.82, 2.24) is 9.88 Å². The third-order valence-electron chi connectivity index (χ3n) is 5.35. The molecule has 1 N–H and O–H groups in total. The van der Waals surface area contributed by atoms with Crippen LogP contribution in [0.2, 0.25) is 0 Å². The molecule has 1 aliphatic heterocycles. The number of carbonyl (C=O) groups is 2. The molecule has 0 saturated carbocycles. The number of Topliss-reactive ketones (excluding diaryl/α,β-unsaturated/α-hetero) is 1. The van der Waals surface area contributed by atoms with Crippen LogP contribution in [0, 0.1) is 6.92 Å². The molecule has 0 unspecified atom stereocenters. The molecular formula is C22H29N3O3. The van der Waals surface area contributed by atoms with Gasteiger partial charge in [-0.05, 0) is 38.0 Å². The Labute approximate surface area is 166 Å². The van der Waals surface area contributed by atoms with Crippen molar-refractivity contribution < 1.29 is 14.3 Å². The van der Waals surface area contributed by atoms with Gasteiger partial charge in [-0.2, -0.15) is 0 Å². The molecule has 0 radical (unpaired) electrons. The van der Waals surface area contributed by atoms with E-state index in [0.29, 0.717) is 24.3 Å². The van der Waals surface area contributed by atoms with Crippen LogP contribution in [0.15, 0.2) is 24.3 Å². The number of anilines is 1. The smallest absolute Gasteiger partial charge is 0.270 e. The third-order valence-corrected chi connectivity index (χ3v) is 5.35. The molecule has 6 nitrogen and oxygen atoms in total. The predicted octanol–water partition coefficient (Wildman–Crippen LogP) is 3.45. The number of hydrogen-bond donors (Lipinski definition) is 1. The fourth-order valence-corrected chi connectivity index (χ4v) is 4.04. The number of aromatic nitrogens is 1. The minimum atomic E-state index is -0.0151. The van der Waals surface area contributed by atoms with Crippen molar-refractivity contribution >= 4 is 17.4 Å². The minimum absolute atomic E-state index is 0.0113. The number of benzene rings is 1. The summed E-state index contributed by atoms with van der Waals surface area (Å²) in [5, 5.41) is 0. The molecule has 150 valence electrons. The first-order valence-electron chi connectivity index (χ1n) is 9.87. The summed E-state index contributed by atoms with van der Waals surface area (Å²) in [5.74, 6) is 0.842. The van der Waals surface area contributed by atoms with Crippen molar-refractivity contribution in [2.75, 3.05) is 38.2 Å². The number of H-pyrrole nitrogens is 1. The Morgan fingerprint density at radius 3 is 2.43 bits per heavy atom. The van der Waals surface area contributed by atoms with E-state index in [9.17, 15) is 9.59 Å². The van der Waals surface area contributed by atoms with E-state index < -0.39 is 0 Å². The maximum atomic E-state index is 13.2. The van der Waals surface area contributed by atoms with Crippen molar-refractivity contribution in [3.05, 3.63) is 46.8 Å². The molecule has 1 saturated heterocycles. The largest absolute Gasteiger partial charge is 0.495 e. The van der Waals surface area contributed by atoms with Crippen LogP contribution in [-0.2, 0) is 6.42 Å². The highest BCUT2D eigenvalue weighted by molar-refractivity contribution is 6.02. The van der Waals surface area contributed by atoms with E-state index in [0.717, 1.165) is 48.6 Å². The predicted molar refractivity (Wildman–Crippen MR) is 111 cm³/mol. The van der Waals surface area contributed by atoms with Gasteiger partial charge in [0.05, 0.1) is 12.8 Å². The monoisotopic (exact) mass is 383 g/mol. The normalized spacial score (nSPS) is 14.3. The number of para-hydroxylation sites is 2. The molecule has 2 aromatic rings. The van der Waals surface area contributed by atoms with Crippen LogP contribution in [0.1, 0.15) is 52.4 Å². The van der Waals surface area contributed by atoms with Gasteiger partial charge in [0, 0.05) is 37.4 Å². The molecule has 1 aliphatic rings. The van der Waals surface area contributed by atoms with E-state index in [-0.39, 0.29) is 11.7 Å². The summed E-state index contributed by atoms with van der Waals surface area (Å²) < 4.78 is 5.46. The van der Waals surface area contributed by atoms with E-state index >= 15 is 0 Å². The fourth-order valence-electron chi connectivity index (χ4n) is 4.04. The van der Waals surface area contributed by atoms with Crippen LogP contribution >= 0.6 is 0 Å². The number of aryl methyl sites for hydroxylation is 1. The zero-order valence-corrected chi connectivity index (χ0v) is 17.2. The van der Waals surface area contributed by atoms with Crippen molar-refractivity contribution in [1.29, 1.82) is 0 Å². The van der Waals surface area contributed by atoms with E-state index in [2.05, 4.69) is 16.8 Å². The van der Waals surface area contributed by atoms with E-state index in [4.69, 9.17) is 4.74 Å². The van der Waals surface area contributed by atoms with Gasteiger partial charge in [-0.3, -0.25) is 9.59 Å². The highest BCUT2D eigenvalue weighted by Gasteiger charge is 2.28. The highest BCUT2D eigenvalue weighted by Crippen LogP contribution is 2.29. The Morgan fingerprint density at radius 2 is 1.82 bits per heavy atom. The Balaban J connectivity index is 1.77. The fraction of sp³-hybridized carbons (Fsp3) is 0.455. The van der Waals surface area contributed by atoms with Gasteiger partial charge in [-0.1, -0.05) is 25.5 Å². The van der Waals surface area contributed by atoms with Gasteiger partial charge in [0.1, 0.15) is 11.4 Å².